The lowest BCUT2D eigenvalue weighted by Gasteiger charge is -2.13. The molecular weight excluding hydrogens is 378 g/mol. The molecule has 1 aromatic heterocycles. The highest BCUT2D eigenvalue weighted by molar-refractivity contribution is 8.18. The summed E-state index contributed by atoms with van der Waals surface area (Å²) in [4.78, 5) is 38.7. The molecule has 28 heavy (non-hydrogen) atoms. The maximum atomic E-state index is 12.5. The van der Waals surface area contributed by atoms with Gasteiger partial charge in [0.1, 0.15) is 5.56 Å². The Labute approximate surface area is 167 Å². The Bertz CT molecular complexity index is 934. The lowest BCUT2D eigenvalue weighted by Crippen LogP contribution is -2.37. The van der Waals surface area contributed by atoms with E-state index >= 15 is 0 Å². The largest absolute Gasteiger partial charge is 0.360 e. The number of carbonyl (C=O) groups excluding carboxylic acids is 3. The molecule has 0 bridgehead atoms. The van der Waals surface area contributed by atoms with Crippen LogP contribution >= 0.6 is 11.8 Å². The van der Waals surface area contributed by atoms with Crippen LogP contribution in [0.25, 0.3) is 6.08 Å². The van der Waals surface area contributed by atoms with Crippen molar-refractivity contribution in [3.8, 4) is 0 Å². The van der Waals surface area contributed by atoms with Gasteiger partial charge in [0.2, 0.25) is 0 Å². The van der Waals surface area contributed by atoms with Gasteiger partial charge in [-0.05, 0) is 30.3 Å². The predicted molar refractivity (Wildman–Crippen MR) is 107 cm³/mol. The fraction of sp³-hybridized carbons (Fsp3) is 0.300. The number of amides is 3. The van der Waals surface area contributed by atoms with E-state index in [9.17, 15) is 14.4 Å². The Morgan fingerprint density at radius 2 is 2.00 bits per heavy atom. The first-order chi connectivity index (χ1) is 13.4. The minimum atomic E-state index is -0.350. The van der Waals surface area contributed by atoms with Crippen molar-refractivity contribution in [2.24, 2.45) is 0 Å². The molecule has 1 saturated heterocycles. The average Bonchev–Trinajstić information content (AvgIpc) is 3.17. The molecule has 146 valence electrons. The molecule has 3 rings (SSSR count). The van der Waals surface area contributed by atoms with Gasteiger partial charge < -0.3 is 9.84 Å². The van der Waals surface area contributed by atoms with Gasteiger partial charge in [-0.25, -0.2) is 0 Å². The molecule has 7 nitrogen and oxygen atoms in total. The first-order valence-electron chi connectivity index (χ1n) is 8.93. The molecule has 3 amide bonds. The molecule has 1 N–H and O–H groups in total. The monoisotopic (exact) mass is 399 g/mol. The standard InChI is InChI=1S/C20H21N3O4S/c1-12(2)17-16(13(3)22-27-17)18(24)21-9-10-23-19(25)15(28-20(23)26)11-14-7-5-4-6-8-14/h4-8,11-12H,9-10H2,1-3H3,(H,21,24). The van der Waals surface area contributed by atoms with E-state index in [0.29, 0.717) is 21.9 Å². The molecule has 1 aromatic carbocycles. The molecule has 2 heterocycles. The van der Waals surface area contributed by atoms with Gasteiger partial charge in [-0.15, -0.1) is 0 Å². The van der Waals surface area contributed by atoms with E-state index in [4.69, 9.17) is 4.52 Å². The molecule has 0 unspecified atom stereocenters. The summed E-state index contributed by atoms with van der Waals surface area (Å²) in [6.07, 6.45) is 1.69. The minimum absolute atomic E-state index is 0.0192. The highest BCUT2D eigenvalue weighted by Crippen LogP contribution is 2.31. The van der Waals surface area contributed by atoms with Gasteiger partial charge in [0.05, 0.1) is 10.6 Å². The molecule has 0 atom stereocenters. The Hall–Kier alpha value is -2.87. The molecule has 1 aliphatic heterocycles. The van der Waals surface area contributed by atoms with Crippen molar-refractivity contribution in [1.82, 2.24) is 15.4 Å². The summed E-state index contributed by atoms with van der Waals surface area (Å²) in [5.41, 5.74) is 1.77. The molecule has 0 saturated carbocycles. The fourth-order valence-corrected chi connectivity index (χ4v) is 3.69. The van der Waals surface area contributed by atoms with Crippen LogP contribution in [0.15, 0.2) is 39.8 Å². The first-order valence-corrected chi connectivity index (χ1v) is 9.75. The lowest BCUT2D eigenvalue weighted by atomic mass is 10.0. The van der Waals surface area contributed by atoms with E-state index in [1.54, 1.807) is 13.0 Å². The van der Waals surface area contributed by atoms with Gasteiger partial charge in [-0.1, -0.05) is 49.3 Å². The summed E-state index contributed by atoms with van der Waals surface area (Å²) >= 11 is 0.903. The van der Waals surface area contributed by atoms with E-state index in [-0.39, 0.29) is 36.1 Å². The van der Waals surface area contributed by atoms with Crippen LogP contribution in [0.2, 0.25) is 0 Å². The number of hydrogen-bond acceptors (Lipinski definition) is 6. The van der Waals surface area contributed by atoms with Crippen LogP contribution in [0.4, 0.5) is 4.79 Å². The number of hydrogen-bond donors (Lipinski definition) is 1. The predicted octanol–water partition coefficient (Wildman–Crippen LogP) is 3.57. The van der Waals surface area contributed by atoms with Crippen molar-refractivity contribution in [3.63, 3.8) is 0 Å². The Balaban J connectivity index is 1.62. The maximum absolute atomic E-state index is 12.5. The van der Waals surface area contributed by atoms with Crippen LogP contribution in [-0.4, -0.2) is 40.2 Å². The number of imide groups is 1. The van der Waals surface area contributed by atoms with Gasteiger partial charge in [-0.3, -0.25) is 19.3 Å². The summed E-state index contributed by atoms with van der Waals surface area (Å²) in [5, 5.41) is 6.25. The van der Waals surface area contributed by atoms with E-state index in [0.717, 1.165) is 22.2 Å². The Morgan fingerprint density at radius 1 is 1.29 bits per heavy atom. The third kappa shape index (κ3) is 4.17. The molecule has 0 radical (unpaired) electrons. The van der Waals surface area contributed by atoms with Crippen LogP contribution in [0, 0.1) is 6.92 Å². The average molecular weight is 399 g/mol. The van der Waals surface area contributed by atoms with Crippen LogP contribution in [-0.2, 0) is 4.79 Å². The minimum Gasteiger partial charge on any atom is -0.360 e. The number of carbonyl (C=O) groups is 3. The third-order valence-electron chi connectivity index (χ3n) is 4.23. The van der Waals surface area contributed by atoms with Crippen LogP contribution < -0.4 is 5.32 Å². The molecule has 1 aliphatic rings. The number of benzene rings is 1. The van der Waals surface area contributed by atoms with Crippen molar-refractivity contribution in [1.29, 1.82) is 0 Å². The summed E-state index contributed by atoms with van der Waals surface area (Å²) < 4.78 is 5.22. The van der Waals surface area contributed by atoms with Crippen molar-refractivity contribution in [2.75, 3.05) is 13.1 Å². The topological polar surface area (TPSA) is 92.5 Å². The highest BCUT2D eigenvalue weighted by atomic mass is 32.2. The zero-order valence-corrected chi connectivity index (χ0v) is 16.7. The lowest BCUT2D eigenvalue weighted by molar-refractivity contribution is -0.122. The number of aryl methyl sites for hydroxylation is 1. The number of nitrogens with one attached hydrogen (secondary N) is 1. The van der Waals surface area contributed by atoms with Crippen LogP contribution in [0.1, 0.15) is 47.1 Å². The van der Waals surface area contributed by atoms with Crippen LogP contribution in [0.3, 0.4) is 0 Å². The van der Waals surface area contributed by atoms with Crippen molar-refractivity contribution in [3.05, 3.63) is 57.8 Å². The Kier molecular flexibility index (Phi) is 5.99. The van der Waals surface area contributed by atoms with E-state index in [1.165, 1.54) is 0 Å². The van der Waals surface area contributed by atoms with E-state index < -0.39 is 0 Å². The first kappa shape index (κ1) is 19.9. The molecule has 1 fully saturated rings. The highest BCUT2D eigenvalue weighted by Gasteiger charge is 2.34. The number of thioether (sulfide) groups is 1. The number of nitrogens with zero attached hydrogens (tertiary/aromatic N) is 2. The quantitative estimate of drug-likeness (QED) is 0.747. The number of aromatic nitrogens is 1. The summed E-state index contributed by atoms with van der Waals surface area (Å²) in [6, 6.07) is 9.34. The second-order valence-corrected chi connectivity index (χ2v) is 7.66. The Morgan fingerprint density at radius 3 is 2.68 bits per heavy atom. The van der Waals surface area contributed by atoms with Crippen molar-refractivity contribution >= 4 is 34.9 Å². The fourth-order valence-electron chi connectivity index (χ4n) is 2.82. The van der Waals surface area contributed by atoms with Crippen LogP contribution in [0.5, 0.6) is 0 Å². The maximum Gasteiger partial charge on any atom is 0.293 e. The third-order valence-corrected chi connectivity index (χ3v) is 5.14. The van der Waals surface area contributed by atoms with E-state index in [1.807, 2.05) is 44.2 Å². The second kappa shape index (κ2) is 8.43. The van der Waals surface area contributed by atoms with Gasteiger partial charge >= 0.3 is 0 Å². The molecule has 2 aromatic rings. The summed E-state index contributed by atoms with van der Waals surface area (Å²) in [5.74, 6) is -0.135. The summed E-state index contributed by atoms with van der Waals surface area (Å²) in [6.45, 7) is 5.78. The smallest absolute Gasteiger partial charge is 0.293 e. The summed E-state index contributed by atoms with van der Waals surface area (Å²) in [7, 11) is 0. The van der Waals surface area contributed by atoms with Crippen molar-refractivity contribution < 1.29 is 18.9 Å². The zero-order chi connectivity index (χ0) is 20.3. The second-order valence-electron chi connectivity index (χ2n) is 6.66. The SMILES string of the molecule is Cc1noc(C(C)C)c1C(=O)NCCN1C(=O)SC(=Cc2ccccc2)C1=O. The molecule has 0 spiro atoms. The molecule has 0 aliphatic carbocycles. The van der Waals surface area contributed by atoms with Gasteiger partial charge in [0.25, 0.3) is 17.1 Å². The molecule has 8 heteroatoms. The van der Waals surface area contributed by atoms with Crippen molar-refractivity contribution in [2.45, 2.75) is 26.7 Å². The van der Waals surface area contributed by atoms with Gasteiger partial charge in [0.15, 0.2) is 5.76 Å². The van der Waals surface area contributed by atoms with E-state index in [2.05, 4.69) is 10.5 Å². The van der Waals surface area contributed by atoms with Gasteiger partial charge in [0, 0.05) is 19.0 Å². The normalized spacial score (nSPS) is 15.7. The molecular formula is C20H21N3O4S. The number of rotatable bonds is 6. The zero-order valence-electron chi connectivity index (χ0n) is 15.9. The van der Waals surface area contributed by atoms with Gasteiger partial charge in [-0.2, -0.15) is 0 Å².